The number of benzene rings is 2. The van der Waals surface area contributed by atoms with Gasteiger partial charge in [-0.3, -0.25) is 0 Å². The maximum atomic E-state index is 11.8. The van der Waals surface area contributed by atoms with E-state index >= 15 is 0 Å². The van der Waals surface area contributed by atoms with Crippen molar-refractivity contribution in [1.29, 1.82) is 5.26 Å². The molecule has 118 valence electrons. The third kappa shape index (κ3) is 4.38. The summed E-state index contributed by atoms with van der Waals surface area (Å²) in [7, 11) is 3.00. The van der Waals surface area contributed by atoms with Crippen LogP contribution in [0.4, 0.5) is 0 Å². The molecule has 0 radical (unpaired) electrons. The molecule has 0 aliphatic rings. The number of nitriles is 1. The van der Waals surface area contributed by atoms with E-state index in [1.807, 2.05) is 6.07 Å². The zero-order valence-electron chi connectivity index (χ0n) is 12.7. The van der Waals surface area contributed by atoms with Crippen LogP contribution < -0.4 is 18.9 Å². The molecule has 0 bridgehead atoms. The van der Waals surface area contributed by atoms with E-state index in [-0.39, 0.29) is 12.4 Å². The van der Waals surface area contributed by atoms with E-state index in [9.17, 15) is 4.79 Å². The minimum Gasteiger partial charge on any atom is -0.497 e. The number of carbonyl (C=O) groups excluding carboxylic acids is 1. The fraction of sp³-hybridized carbons (Fsp3) is 0.176. The lowest BCUT2D eigenvalue weighted by atomic mass is 10.2. The summed E-state index contributed by atoms with van der Waals surface area (Å²) in [5.41, 5.74) is 0.413. The van der Waals surface area contributed by atoms with Gasteiger partial charge in [0.05, 0.1) is 25.9 Å². The van der Waals surface area contributed by atoms with E-state index in [2.05, 4.69) is 0 Å². The van der Waals surface area contributed by atoms with Gasteiger partial charge in [0.2, 0.25) is 0 Å². The second-order valence-corrected chi connectivity index (χ2v) is 4.42. The summed E-state index contributed by atoms with van der Waals surface area (Å²) >= 11 is 0. The smallest absolute Gasteiger partial charge is 0.349 e. The van der Waals surface area contributed by atoms with Crippen molar-refractivity contribution in [2.24, 2.45) is 0 Å². The SMILES string of the molecule is COc1ccc(OCC(=O)Oc2ccc(C#N)cc2OC)cc1. The Kier molecular flexibility index (Phi) is 5.42. The predicted octanol–water partition coefficient (Wildman–Crippen LogP) is 2.56. The minimum absolute atomic E-state index is 0.231. The Hall–Kier alpha value is -3.20. The molecule has 2 rings (SSSR count). The highest BCUT2D eigenvalue weighted by molar-refractivity contribution is 5.75. The summed E-state index contributed by atoms with van der Waals surface area (Å²) in [6.45, 7) is -0.254. The van der Waals surface area contributed by atoms with E-state index in [4.69, 9.17) is 24.2 Å². The van der Waals surface area contributed by atoms with Gasteiger partial charge in [-0.25, -0.2) is 4.79 Å². The summed E-state index contributed by atoms with van der Waals surface area (Å²) in [5.74, 6) is 1.18. The van der Waals surface area contributed by atoms with Crippen molar-refractivity contribution in [3.8, 4) is 29.1 Å². The van der Waals surface area contributed by atoms with E-state index in [1.165, 1.54) is 25.3 Å². The van der Waals surface area contributed by atoms with Crippen LogP contribution in [0.1, 0.15) is 5.56 Å². The third-order valence-corrected chi connectivity index (χ3v) is 2.93. The Morgan fingerprint density at radius 2 is 1.70 bits per heavy atom. The highest BCUT2D eigenvalue weighted by Gasteiger charge is 2.11. The molecule has 0 aromatic heterocycles. The molecule has 0 saturated carbocycles. The lowest BCUT2D eigenvalue weighted by Gasteiger charge is -2.10. The molecular weight excluding hydrogens is 298 g/mol. The highest BCUT2D eigenvalue weighted by Crippen LogP contribution is 2.28. The maximum absolute atomic E-state index is 11.8. The summed E-state index contributed by atoms with van der Waals surface area (Å²) in [6.07, 6.45) is 0. The normalized spacial score (nSPS) is 9.61. The topological polar surface area (TPSA) is 77.8 Å². The van der Waals surface area contributed by atoms with Crippen LogP contribution in [0.5, 0.6) is 23.0 Å². The lowest BCUT2D eigenvalue weighted by Crippen LogP contribution is -2.18. The highest BCUT2D eigenvalue weighted by atomic mass is 16.6. The van der Waals surface area contributed by atoms with Crippen molar-refractivity contribution in [2.75, 3.05) is 20.8 Å². The van der Waals surface area contributed by atoms with Crippen molar-refractivity contribution < 1.29 is 23.7 Å². The number of nitrogens with zero attached hydrogens (tertiary/aromatic N) is 1. The number of carbonyl (C=O) groups is 1. The Morgan fingerprint density at radius 3 is 2.30 bits per heavy atom. The summed E-state index contributed by atoms with van der Waals surface area (Å²) in [4.78, 5) is 11.8. The molecule has 6 nitrogen and oxygen atoms in total. The maximum Gasteiger partial charge on any atom is 0.349 e. The van der Waals surface area contributed by atoms with Gasteiger partial charge in [0.15, 0.2) is 18.1 Å². The molecule has 6 heteroatoms. The fourth-order valence-corrected chi connectivity index (χ4v) is 1.79. The minimum atomic E-state index is -0.580. The van der Waals surface area contributed by atoms with Crippen LogP contribution in [-0.4, -0.2) is 26.8 Å². The van der Waals surface area contributed by atoms with Gasteiger partial charge < -0.3 is 18.9 Å². The molecule has 23 heavy (non-hydrogen) atoms. The van der Waals surface area contributed by atoms with Gasteiger partial charge >= 0.3 is 5.97 Å². The number of hydrogen-bond donors (Lipinski definition) is 0. The van der Waals surface area contributed by atoms with Crippen LogP contribution in [0, 0.1) is 11.3 Å². The van der Waals surface area contributed by atoms with Gasteiger partial charge in [-0.05, 0) is 36.4 Å². The summed E-state index contributed by atoms with van der Waals surface area (Å²) in [5, 5.41) is 8.84. The molecule has 0 N–H and O–H groups in total. The van der Waals surface area contributed by atoms with E-state index in [1.54, 1.807) is 31.4 Å². The van der Waals surface area contributed by atoms with E-state index in [0.29, 0.717) is 22.8 Å². The molecule has 0 unspecified atom stereocenters. The Morgan fingerprint density at radius 1 is 1.00 bits per heavy atom. The first-order valence-electron chi connectivity index (χ1n) is 6.72. The van der Waals surface area contributed by atoms with Crippen molar-refractivity contribution in [3.63, 3.8) is 0 Å². The van der Waals surface area contributed by atoms with Crippen LogP contribution in [0.25, 0.3) is 0 Å². The molecule has 2 aromatic rings. The van der Waals surface area contributed by atoms with Gasteiger partial charge in [-0.1, -0.05) is 0 Å². The summed E-state index contributed by atoms with van der Waals surface area (Å²) in [6, 6.07) is 13.3. The van der Waals surface area contributed by atoms with Crippen molar-refractivity contribution in [3.05, 3.63) is 48.0 Å². The van der Waals surface area contributed by atoms with Gasteiger partial charge in [-0.2, -0.15) is 5.26 Å². The molecular formula is C17H15NO5. The Bertz CT molecular complexity index is 719. The second kappa shape index (κ2) is 7.71. The fourth-order valence-electron chi connectivity index (χ4n) is 1.79. The lowest BCUT2D eigenvalue weighted by molar-refractivity contribution is -0.136. The van der Waals surface area contributed by atoms with Crippen LogP contribution in [0.3, 0.4) is 0 Å². The molecule has 0 aliphatic carbocycles. The number of hydrogen-bond acceptors (Lipinski definition) is 6. The zero-order chi connectivity index (χ0) is 16.7. The Labute approximate surface area is 133 Å². The first-order chi connectivity index (χ1) is 11.2. The molecule has 0 amide bonds. The van der Waals surface area contributed by atoms with Gasteiger partial charge in [-0.15, -0.1) is 0 Å². The molecule has 0 spiro atoms. The average Bonchev–Trinajstić information content (AvgIpc) is 2.60. The first-order valence-corrected chi connectivity index (χ1v) is 6.72. The third-order valence-electron chi connectivity index (χ3n) is 2.93. The van der Waals surface area contributed by atoms with Gasteiger partial charge in [0.25, 0.3) is 0 Å². The quantitative estimate of drug-likeness (QED) is 0.602. The first kappa shape index (κ1) is 16.2. The van der Waals surface area contributed by atoms with Crippen molar-refractivity contribution >= 4 is 5.97 Å². The molecule has 0 saturated heterocycles. The van der Waals surface area contributed by atoms with Crippen molar-refractivity contribution in [1.82, 2.24) is 0 Å². The van der Waals surface area contributed by atoms with Crippen LogP contribution in [-0.2, 0) is 4.79 Å². The van der Waals surface area contributed by atoms with Gasteiger partial charge in [0.1, 0.15) is 11.5 Å². The monoisotopic (exact) mass is 313 g/mol. The van der Waals surface area contributed by atoms with E-state index < -0.39 is 5.97 Å². The number of esters is 1. The van der Waals surface area contributed by atoms with Crippen LogP contribution >= 0.6 is 0 Å². The van der Waals surface area contributed by atoms with Crippen LogP contribution in [0.2, 0.25) is 0 Å². The predicted molar refractivity (Wildman–Crippen MR) is 81.8 cm³/mol. The number of methoxy groups -OCH3 is 2. The molecule has 0 atom stereocenters. The summed E-state index contributed by atoms with van der Waals surface area (Å²) < 4.78 is 20.6. The van der Waals surface area contributed by atoms with Crippen LogP contribution in [0.15, 0.2) is 42.5 Å². The number of rotatable bonds is 6. The van der Waals surface area contributed by atoms with E-state index in [0.717, 1.165) is 0 Å². The molecule has 2 aromatic carbocycles. The molecule has 0 fully saturated rings. The average molecular weight is 313 g/mol. The molecule has 0 heterocycles. The zero-order valence-corrected chi connectivity index (χ0v) is 12.7. The van der Waals surface area contributed by atoms with Crippen molar-refractivity contribution in [2.45, 2.75) is 0 Å². The largest absolute Gasteiger partial charge is 0.497 e. The Balaban J connectivity index is 1.95. The number of ether oxygens (including phenoxy) is 4. The standard InChI is InChI=1S/C17H15NO5/c1-20-13-4-6-14(7-5-13)22-11-17(19)23-15-8-3-12(10-18)9-16(15)21-2/h3-9H,11H2,1-2H3. The van der Waals surface area contributed by atoms with Gasteiger partial charge in [0, 0.05) is 6.07 Å². The molecule has 0 aliphatic heterocycles. The second-order valence-electron chi connectivity index (χ2n) is 4.42.